The maximum absolute atomic E-state index is 10.6. The summed E-state index contributed by atoms with van der Waals surface area (Å²) in [6, 6.07) is 7.14. The van der Waals surface area contributed by atoms with Crippen LogP contribution in [0.3, 0.4) is 0 Å². The summed E-state index contributed by atoms with van der Waals surface area (Å²) >= 11 is 0. The van der Waals surface area contributed by atoms with E-state index in [4.69, 9.17) is 5.73 Å². The van der Waals surface area contributed by atoms with Crippen molar-refractivity contribution in [1.82, 2.24) is 0 Å². The largest absolute Gasteiger partial charge is 0.369 e. The Balaban J connectivity index is 2.80. The quantitative estimate of drug-likeness (QED) is 0.727. The van der Waals surface area contributed by atoms with Crippen molar-refractivity contribution in [3.8, 4) is 0 Å². The number of primary amides is 1. The van der Waals surface area contributed by atoms with Gasteiger partial charge in [-0.05, 0) is 5.56 Å². The zero-order chi connectivity index (χ0) is 10.4. The Morgan fingerprint density at radius 3 is 2.50 bits per heavy atom. The van der Waals surface area contributed by atoms with E-state index in [2.05, 4.69) is 0 Å². The van der Waals surface area contributed by atoms with Crippen LogP contribution in [0.25, 0.3) is 6.08 Å². The predicted molar refractivity (Wildman–Crippen MR) is 54.7 cm³/mol. The monoisotopic (exact) mass is 189 g/mol. The second kappa shape index (κ2) is 4.97. The van der Waals surface area contributed by atoms with Crippen LogP contribution >= 0.6 is 0 Å². The molecule has 0 fully saturated rings. The van der Waals surface area contributed by atoms with Crippen molar-refractivity contribution < 1.29 is 9.59 Å². The number of rotatable bonds is 4. The van der Waals surface area contributed by atoms with Crippen LogP contribution in [0.2, 0.25) is 0 Å². The van der Waals surface area contributed by atoms with E-state index >= 15 is 0 Å². The highest BCUT2D eigenvalue weighted by Crippen LogP contribution is 2.08. The summed E-state index contributed by atoms with van der Waals surface area (Å²) in [4.78, 5) is 21.0. The second-order valence-electron chi connectivity index (χ2n) is 2.82. The Morgan fingerprint density at radius 2 is 1.93 bits per heavy atom. The lowest BCUT2D eigenvalue weighted by atomic mass is 10.1. The van der Waals surface area contributed by atoms with E-state index < -0.39 is 0 Å². The third-order valence-electron chi connectivity index (χ3n) is 1.74. The number of hydrogen-bond acceptors (Lipinski definition) is 2. The highest BCUT2D eigenvalue weighted by Gasteiger charge is 1.95. The summed E-state index contributed by atoms with van der Waals surface area (Å²) in [6.07, 6.45) is 4.33. The van der Waals surface area contributed by atoms with Gasteiger partial charge in [-0.1, -0.05) is 36.4 Å². The van der Waals surface area contributed by atoms with E-state index in [-0.39, 0.29) is 12.3 Å². The molecule has 2 N–H and O–H groups in total. The number of aldehydes is 1. The molecule has 0 saturated carbocycles. The van der Waals surface area contributed by atoms with Crippen LogP contribution in [-0.4, -0.2) is 12.2 Å². The van der Waals surface area contributed by atoms with Crippen LogP contribution < -0.4 is 5.73 Å². The van der Waals surface area contributed by atoms with Crippen molar-refractivity contribution in [3.63, 3.8) is 0 Å². The highest BCUT2D eigenvalue weighted by atomic mass is 16.1. The smallest absolute Gasteiger partial charge is 0.221 e. The van der Waals surface area contributed by atoms with E-state index in [0.717, 1.165) is 11.8 Å². The summed E-state index contributed by atoms with van der Waals surface area (Å²) in [5, 5.41) is 0. The maximum Gasteiger partial charge on any atom is 0.221 e. The third kappa shape index (κ3) is 2.86. The fourth-order valence-electron chi connectivity index (χ4n) is 1.07. The van der Waals surface area contributed by atoms with Gasteiger partial charge in [-0.2, -0.15) is 0 Å². The highest BCUT2D eigenvalue weighted by molar-refractivity contribution is 5.82. The Labute approximate surface area is 82.2 Å². The van der Waals surface area contributed by atoms with E-state index in [1.165, 1.54) is 0 Å². The van der Waals surface area contributed by atoms with E-state index in [9.17, 15) is 9.59 Å². The standard InChI is InChI=1S/C11H11NO2/c12-11(14)7-3-6-9-4-1-2-5-10(9)8-13/h1-6,8H,7H2,(H2,12,14). The number of carbonyl (C=O) groups excluding carboxylic acids is 2. The molecule has 3 heteroatoms. The Bertz CT molecular complexity index is 369. The molecule has 0 spiro atoms. The number of carbonyl (C=O) groups is 2. The lowest BCUT2D eigenvalue weighted by molar-refractivity contribution is -0.117. The second-order valence-corrected chi connectivity index (χ2v) is 2.82. The van der Waals surface area contributed by atoms with Gasteiger partial charge in [-0.15, -0.1) is 0 Å². The minimum Gasteiger partial charge on any atom is -0.369 e. The normalized spacial score (nSPS) is 10.3. The van der Waals surface area contributed by atoms with Crippen LogP contribution in [0.15, 0.2) is 30.3 Å². The van der Waals surface area contributed by atoms with Gasteiger partial charge < -0.3 is 5.73 Å². The Hall–Kier alpha value is -1.90. The van der Waals surface area contributed by atoms with Gasteiger partial charge in [-0.3, -0.25) is 9.59 Å². The molecule has 0 aromatic heterocycles. The minimum absolute atomic E-state index is 0.188. The molecule has 0 saturated heterocycles. The molecule has 0 unspecified atom stereocenters. The molecular formula is C11H11NO2. The molecule has 3 nitrogen and oxygen atoms in total. The van der Waals surface area contributed by atoms with Gasteiger partial charge in [-0.25, -0.2) is 0 Å². The van der Waals surface area contributed by atoms with Crippen LogP contribution in [-0.2, 0) is 4.79 Å². The average molecular weight is 189 g/mol. The molecule has 0 aliphatic carbocycles. The van der Waals surface area contributed by atoms with Gasteiger partial charge in [0, 0.05) is 12.0 Å². The van der Waals surface area contributed by atoms with Crippen molar-refractivity contribution in [2.75, 3.05) is 0 Å². The zero-order valence-corrected chi connectivity index (χ0v) is 7.64. The first-order valence-corrected chi connectivity index (χ1v) is 4.23. The molecule has 0 aliphatic heterocycles. The Kier molecular flexibility index (Phi) is 3.61. The molecule has 0 aliphatic rings. The number of nitrogens with two attached hydrogens (primary N) is 1. The molecule has 1 amide bonds. The van der Waals surface area contributed by atoms with Crippen molar-refractivity contribution >= 4 is 18.3 Å². The van der Waals surface area contributed by atoms with Crippen molar-refractivity contribution in [2.45, 2.75) is 6.42 Å². The van der Waals surface area contributed by atoms with Crippen molar-refractivity contribution in [3.05, 3.63) is 41.5 Å². The van der Waals surface area contributed by atoms with E-state index in [1.807, 2.05) is 6.07 Å². The fourth-order valence-corrected chi connectivity index (χ4v) is 1.07. The lowest BCUT2D eigenvalue weighted by Gasteiger charge is -1.96. The average Bonchev–Trinajstić information content (AvgIpc) is 2.18. The minimum atomic E-state index is -0.384. The molecule has 0 atom stereocenters. The van der Waals surface area contributed by atoms with Gasteiger partial charge in [0.1, 0.15) is 0 Å². The molecule has 14 heavy (non-hydrogen) atoms. The van der Waals surface area contributed by atoms with Gasteiger partial charge in [0.2, 0.25) is 5.91 Å². The first-order chi connectivity index (χ1) is 6.74. The van der Waals surface area contributed by atoms with Gasteiger partial charge in [0.05, 0.1) is 0 Å². The van der Waals surface area contributed by atoms with E-state index in [0.29, 0.717) is 5.56 Å². The van der Waals surface area contributed by atoms with Crippen molar-refractivity contribution in [1.29, 1.82) is 0 Å². The molecule has 0 heterocycles. The molecule has 0 radical (unpaired) electrons. The molecule has 1 aromatic rings. The van der Waals surface area contributed by atoms with Crippen LogP contribution in [0, 0.1) is 0 Å². The number of amides is 1. The molecule has 72 valence electrons. The summed E-state index contributed by atoms with van der Waals surface area (Å²) in [5.74, 6) is -0.384. The maximum atomic E-state index is 10.6. The molecule has 1 rings (SSSR count). The summed E-state index contributed by atoms with van der Waals surface area (Å²) < 4.78 is 0. The Morgan fingerprint density at radius 1 is 1.29 bits per heavy atom. The number of hydrogen-bond donors (Lipinski definition) is 1. The van der Waals surface area contributed by atoms with Crippen molar-refractivity contribution in [2.24, 2.45) is 5.73 Å². The molecule has 1 aromatic carbocycles. The summed E-state index contributed by atoms with van der Waals surface area (Å²) in [5.41, 5.74) is 6.37. The van der Waals surface area contributed by atoms with Crippen LogP contribution in [0.5, 0.6) is 0 Å². The molecular weight excluding hydrogens is 178 g/mol. The van der Waals surface area contributed by atoms with Crippen LogP contribution in [0.4, 0.5) is 0 Å². The SMILES string of the molecule is NC(=O)CC=Cc1ccccc1C=O. The predicted octanol–water partition coefficient (Wildman–Crippen LogP) is 1.39. The third-order valence-corrected chi connectivity index (χ3v) is 1.74. The summed E-state index contributed by atoms with van der Waals surface area (Å²) in [6.45, 7) is 0. The van der Waals surface area contributed by atoms with E-state index in [1.54, 1.807) is 30.4 Å². The topological polar surface area (TPSA) is 60.2 Å². The zero-order valence-electron chi connectivity index (χ0n) is 7.64. The molecule has 0 bridgehead atoms. The summed E-state index contributed by atoms with van der Waals surface area (Å²) in [7, 11) is 0. The fraction of sp³-hybridized carbons (Fsp3) is 0.0909. The number of benzene rings is 1. The van der Waals surface area contributed by atoms with Gasteiger partial charge in [0.25, 0.3) is 0 Å². The lowest BCUT2D eigenvalue weighted by Crippen LogP contribution is -2.07. The van der Waals surface area contributed by atoms with Gasteiger partial charge >= 0.3 is 0 Å². The van der Waals surface area contributed by atoms with Crippen LogP contribution in [0.1, 0.15) is 22.3 Å². The first kappa shape index (κ1) is 10.2. The van der Waals surface area contributed by atoms with Gasteiger partial charge in [0.15, 0.2) is 6.29 Å². The first-order valence-electron chi connectivity index (χ1n) is 4.23.